The van der Waals surface area contributed by atoms with Crippen LogP contribution < -0.4 is 0 Å². The van der Waals surface area contributed by atoms with Crippen LogP contribution in [0.5, 0.6) is 0 Å². The average Bonchev–Trinajstić information content (AvgIpc) is 2.43. The van der Waals surface area contributed by atoms with Gasteiger partial charge in [0.2, 0.25) is 0 Å². The number of esters is 1. The van der Waals surface area contributed by atoms with Gasteiger partial charge in [-0.15, -0.1) is 0 Å². The van der Waals surface area contributed by atoms with Crippen LogP contribution in [0.15, 0.2) is 10.6 Å². The lowest BCUT2D eigenvalue weighted by atomic mass is 10.2. The van der Waals surface area contributed by atoms with Crippen LogP contribution in [0.3, 0.4) is 0 Å². The average molecular weight is 181 g/mol. The summed E-state index contributed by atoms with van der Waals surface area (Å²) >= 11 is 0. The van der Waals surface area contributed by atoms with Gasteiger partial charge in [0.1, 0.15) is 5.76 Å². The van der Waals surface area contributed by atoms with Gasteiger partial charge in [0.05, 0.1) is 12.8 Å². The summed E-state index contributed by atoms with van der Waals surface area (Å²) in [5.74, 6) is 0.303. The number of hydrogen-bond donors (Lipinski definition) is 0. The topological polar surface area (TPSA) is 52.3 Å². The number of carbonyl (C=O) groups is 1. The summed E-state index contributed by atoms with van der Waals surface area (Å²) in [5.41, 5.74) is 1.59. The fraction of sp³-hybridized carbons (Fsp3) is 0.333. The molecule has 0 fully saturated rings. The molecule has 0 aliphatic rings. The molecule has 0 atom stereocenters. The maximum atomic E-state index is 10.8. The van der Waals surface area contributed by atoms with E-state index in [2.05, 4.69) is 9.89 Å². The Morgan fingerprint density at radius 2 is 2.23 bits per heavy atom. The van der Waals surface area contributed by atoms with Gasteiger partial charge >= 0.3 is 5.97 Å². The van der Waals surface area contributed by atoms with E-state index in [1.165, 1.54) is 13.2 Å². The molecule has 0 saturated heterocycles. The van der Waals surface area contributed by atoms with E-state index in [-0.39, 0.29) is 5.97 Å². The van der Waals surface area contributed by atoms with Gasteiger partial charge in [-0.3, -0.25) is 0 Å². The third-order valence-corrected chi connectivity index (χ3v) is 1.68. The van der Waals surface area contributed by atoms with E-state index in [0.29, 0.717) is 5.76 Å². The van der Waals surface area contributed by atoms with E-state index in [1.54, 1.807) is 13.0 Å². The third kappa shape index (κ3) is 2.18. The maximum Gasteiger partial charge on any atom is 0.330 e. The lowest BCUT2D eigenvalue weighted by Crippen LogP contribution is -1.93. The Hall–Kier alpha value is -1.58. The van der Waals surface area contributed by atoms with E-state index in [1.807, 2.05) is 6.92 Å². The monoisotopic (exact) mass is 181 g/mol. The van der Waals surface area contributed by atoms with Gasteiger partial charge in [-0.2, -0.15) is 0 Å². The molecule has 0 N–H and O–H groups in total. The molecule has 4 heteroatoms. The first-order chi connectivity index (χ1) is 6.15. The van der Waals surface area contributed by atoms with Crippen molar-refractivity contribution in [2.75, 3.05) is 7.11 Å². The molecule has 70 valence electrons. The summed E-state index contributed by atoms with van der Waals surface area (Å²) in [7, 11) is 1.33. The van der Waals surface area contributed by atoms with Crippen LogP contribution in [0.25, 0.3) is 6.08 Å². The molecule has 1 aromatic rings. The zero-order chi connectivity index (χ0) is 9.84. The number of ether oxygens (including phenoxy) is 1. The van der Waals surface area contributed by atoms with Gasteiger partial charge in [-0.25, -0.2) is 4.79 Å². The number of aromatic nitrogens is 1. The van der Waals surface area contributed by atoms with E-state index >= 15 is 0 Å². The third-order valence-electron chi connectivity index (χ3n) is 1.68. The van der Waals surface area contributed by atoms with Crippen LogP contribution in [0.1, 0.15) is 17.0 Å². The van der Waals surface area contributed by atoms with Gasteiger partial charge in [-0.1, -0.05) is 5.16 Å². The predicted molar refractivity (Wildman–Crippen MR) is 47.0 cm³/mol. The minimum atomic E-state index is -0.389. The number of rotatable bonds is 2. The minimum absolute atomic E-state index is 0.389. The van der Waals surface area contributed by atoms with Gasteiger partial charge < -0.3 is 9.26 Å². The Labute approximate surface area is 76.2 Å². The van der Waals surface area contributed by atoms with Crippen LogP contribution in [0.4, 0.5) is 0 Å². The normalized spacial score (nSPS) is 10.7. The highest BCUT2D eigenvalue weighted by Gasteiger charge is 2.05. The molecule has 4 nitrogen and oxygen atoms in total. The Morgan fingerprint density at radius 3 is 2.69 bits per heavy atom. The van der Waals surface area contributed by atoms with Crippen molar-refractivity contribution in [3.05, 3.63) is 23.1 Å². The van der Waals surface area contributed by atoms with Crippen LogP contribution in [-0.2, 0) is 9.53 Å². The fourth-order valence-electron chi connectivity index (χ4n) is 0.947. The van der Waals surface area contributed by atoms with Gasteiger partial charge in [0.15, 0.2) is 0 Å². The van der Waals surface area contributed by atoms with Crippen molar-refractivity contribution in [1.82, 2.24) is 5.16 Å². The molecular weight excluding hydrogens is 170 g/mol. The highest BCUT2D eigenvalue weighted by Crippen LogP contribution is 2.13. The second-order valence-corrected chi connectivity index (χ2v) is 2.59. The van der Waals surface area contributed by atoms with Crippen molar-refractivity contribution in [3.63, 3.8) is 0 Å². The summed E-state index contributed by atoms with van der Waals surface area (Å²) < 4.78 is 9.36. The second-order valence-electron chi connectivity index (χ2n) is 2.59. The van der Waals surface area contributed by atoms with Gasteiger partial charge in [0.25, 0.3) is 0 Å². The molecule has 1 aromatic heterocycles. The number of nitrogens with zero attached hydrogens (tertiary/aromatic N) is 1. The molecule has 0 bridgehead atoms. The molecule has 0 saturated carbocycles. The molecular formula is C9H11NO3. The van der Waals surface area contributed by atoms with Crippen molar-refractivity contribution in [1.29, 1.82) is 0 Å². The van der Waals surface area contributed by atoms with Crippen LogP contribution in [0, 0.1) is 13.8 Å². The Bertz CT molecular complexity index is 319. The zero-order valence-corrected chi connectivity index (χ0v) is 7.83. The first kappa shape index (κ1) is 9.51. The summed E-state index contributed by atoms with van der Waals surface area (Å²) in [6, 6.07) is 0. The van der Waals surface area contributed by atoms with Gasteiger partial charge in [-0.05, 0) is 19.9 Å². The second kappa shape index (κ2) is 3.89. The van der Waals surface area contributed by atoms with E-state index < -0.39 is 0 Å². The molecule has 1 heterocycles. The number of aryl methyl sites for hydroxylation is 2. The summed E-state index contributed by atoms with van der Waals surface area (Å²) in [4.78, 5) is 10.8. The molecule has 0 amide bonds. The quantitative estimate of drug-likeness (QED) is 0.512. The van der Waals surface area contributed by atoms with Crippen molar-refractivity contribution in [2.24, 2.45) is 0 Å². The first-order valence-corrected chi connectivity index (χ1v) is 3.84. The predicted octanol–water partition coefficient (Wildman–Crippen LogP) is 1.48. The lowest BCUT2D eigenvalue weighted by molar-refractivity contribution is -0.134. The van der Waals surface area contributed by atoms with Crippen molar-refractivity contribution in [2.45, 2.75) is 13.8 Å². The fourth-order valence-corrected chi connectivity index (χ4v) is 0.947. The smallest absolute Gasteiger partial charge is 0.330 e. The van der Waals surface area contributed by atoms with E-state index in [0.717, 1.165) is 11.3 Å². The minimum Gasteiger partial charge on any atom is -0.466 e. The first-order valence-electron chi connectivity index (χ1n) is 3.84. The SMILES string of the molecule is COC(=O)/C=C/c1c(C)noc1C. The zero-order valence-electron chi connectivity index (χ0n) is 7.83. The Kier molecular flexibility index (Phi) is 2.84. The molecule has 1 rings (SSSR count). The summed E-state index contributed by atoms with van der Waals surface area (Å²) in [6.45, 7) is 3.60. The molecule has 0 radical (unpaired) electrons. The van der Waals surface area contributed by atoms with Crippen molar-refractivity contribution in [3.8, 4) is 0 Å². The highest BCUT2D eigenvalue weighted by atomic mass is 16.5. The number of carbonyl (C=O) groups excluding carboxylic acids is 1. The molecule has 13 heavy (non-hydrogen) atoms. The van der Waals surface area contributed by atoms with Crippen LogP contribution >= 0.6 is 0 Å². The lowest BCUT2D eigenvalue weighted by Gasteiger charge is -1.90. The molecule has 0 aliphatic carbocycles. The Balaban J connectivity index is 2.85. The van der Waals surface area contributed by atoms with E-state index in [4.69, 9.17) is 4.52 Å². The van der Waals surface area contributed by atoms with Crippen molar-refractivity contribution >= 4 is 12.0 Å². The van der Waals surface area contributed by atoms with Crippen LogP contribution in [-0.4, -0.2) is 18.2 Å². The summed E-state index contributed by atoms with van der Waals surface area (Å²) in [6.07, 6.45) is 2.97. The van der Waals surface area contributed by atoms with E-state index in [9.17, 15) is 4.79 Å². The highest BCUT2D eigenvalue weighted by molar-refractivity contribution is 5.87. The standard InChI is InChI=1S/C9H11NO3/c1-6-8(7(2)13-10-6)4-5-9(11)12-3/h4-5H,1-3H3/b5-4+. The molecule has 0 aromatic carbocycles. The molecule has 0 spiro atoms. The maximum absolute atomic E-state index is 10.8. The van der Waals surface area contributed by atoms with Gasteiger partial charge in [0, 0.05) is 11.6 Å². The number of hydrogen-bond acceptors (Lipinski definition) is 4. The number of methoxy groups -OCH3 is 1. The van der Waals surface area contributed by atoms with Crippen LogP contribution in [0.2, 0.25) is 0 Å². The van der Waals surface area contributed by atoms with Crippen molar-refractivity contribution < 1.29 is 14.1 Å². The molecule has 0 unspecified atom stereocenters. The Morgan fingerprint density at radius 1 is 1.54 bits per heavy atom. The summed E-state index contributed by atoms with van der Waals surface area (Å²) in [5, 5.41) is 3.74. The largest absolute Gasteiger partial charge is 0.466 e. The molecule has 0 aliphatic heterocycles.